The fraction of sp³-hybridized carbons (Fsp3) is 0.433. The molecular formula is C30H31ClFN3O4. The molecule has 3 amide bonds. The van der Waals surface area contributed by atoms with Gasteiger partial charge in [-0.25, -0.2) is 4.39 Å². The Balaban J connectivity index is 1.32. The first-order valence-corrected chi connectivity index (χ1v) is 13.9. The number of anilines is 1. The van der Waals surface area contributed by atoms with E-state index in [-0.39, 0.29) is 36.1 Å². The van der Waals surface area contributed by atoms with Gasteiger partial charge in [-0.1, -0.05) is 61.2 Å². The third-order valence-electron chi connectivity index (χ3n) is 8.58. The van der Waals surface area contributed by atoms with E-state index in [9.17, 15) is 18.8 Å². The second-order valence-electron chi connectivity index (χ2n) is 11.1. The molecule has 6 rings (SSSR count). The van der Waals surface area contributed by atoms with E-state index in [4.69, 9.17) is 16.3 Å². The third kappa shape index (κ3) is 4.53. The second-order valence-corrected chi connectivity index (χ2v) is 11.5. The number of aryl methyl sites for hydroxylation is 1. The Kier molecular flexibility index (Phi) is 6.71. The van der Waals surface area contributed by atoms with Crippen LogP contribution in [0.3, 0.4) is 0 Å². The van der Waals surface area contributed by atoms with Gasteiger partial charge in [0.1, 0.15) is 17.5 Å². The van der Waals surface area contributed by atoms with E-state index in [2.05, 4.69) is 10.6 Å². The quantitative estimate of drug-likeness (QED) is 0.517. The summed E-state index contributed by atoms with van der Waals surface area (Å²) in [6, 6.07) is 10.2. The van der Waals surface area contributed by atoms with Gasteiger partial charge in [-0.15, -0.1) is 0 Å². The number of ether oxygens (including phenoxy) is 1. The van der Waals surface area contributed by atoms with E-state index >= 15 is 0 Å². The summed E-state index contributed by atoms with van der Waals surface area (Å²) in [6.07, 6.45) is 7.98. The first-order valence-electron chi connectivity index (χ1n) is 13.6. The maximum Gasteiger partial charge on any atom is 0.246 e. The average Bonchev–Trinajstić information content (AvgIpc) is 3.56. The van der Waals surface area contributed by atoms with Crippen molar-refractivity contribution in [3.05, 3.63) is 76.6 Å². The molecule has 1 saturated carbocycles. The van der Waals surface area contributed by atoms with Gasteiger partial charge in [0.15, 0.2) is 0 Å². The van der Waals surface area contributed by atoms with E-state index < -0.39 is 29.6 Å². The van der Waals surface area contributed by atoms with Crippen molar-refractivity contribution < 1.29 is 23.5 Å². The van der Waals surface area contributed by atoms with Crippen molar-refractivity contribution in [1.82, 2.24) is 10.2 Å². The number of fused-ring (bicyclic) bond motifs is 1. The zero-order chi connectivity index (χ0) is 27.3. The van der Waals surface area contributed by atoms with Crippen LogP contribution in [0.25, 0.3) is 0 Å². The van der Waals surface area contributed by atoms with E-state index in [0.29, 0.717) is 16.3 Å². The summed E-state index contributed by atoms with van der Waals surface area (Å²) in [5, 5.41) is 6.59. The van der Waals surface area contributed by atoms with Crippen molar-refractivity contribution >= 4 is 35.0 Å². The number of hydrogen-bond donors (Lipinski definition) is 2. The number of carbonyl (C=O) groups excluding carboxylic acids is 3. The molecule has 0 unspecified atom stereocenters. The number of hydrogen-bond acceptors (Lipinski definition) is 4. The molecule has 2 aromatic rings. The molecule has 1 spiro atoms. The summed E-state index contributed by atoms with van der Waals surface area (Å²) in [4.78, 5) is 43.1. The number of benzene rings is 2. The molecule has 2 saturated heterocycles. The van der Waals surface area contributed by atoms with Crippen molar-refractivity contribution in [3.63, 3.8) is 0 Å². The Bertz CT molecular complexity index is 1340. The molecule has 9 heteroatoms. The molecule has 204 valence electrons. The standard InChI is InChI=1S/C30H31ClFN3O4/c1-17-7-12-21(15-22(17)31)34-27(36)24-23-13-14-30(39-23)25(24)29(38)35(16-18-8-10-19(32)11-9-18)26(30)28(37)33-20-5-3-2-4-6-20/h7-15,20,23-26H,2-6,16H2,1H3,(H,33,37)(H,34,36)/t23-,24+,25-,26+,30-/m1/s1. The fourth-order valence-corrected chi connectivity index (χ4v) is 6.83. The van der Waals surface area contributed by atoms with Crippen LogP contribution < -0.4 is 10.6 Å². The summed E-state index contributed by atoms with van der Waals surface area (Å²) < 4.78 is 20.0. The van der Waals surface area contributed by atoms with Crippen LogP contribution >= 0.6 is 11.6 Å². The van der Waals surface area contributed by atoms with Crippen LogP contribution in [0.15, 0.2) is 54.6 Å². The minimum absolute atomic E-state index is 0.0393. The number of halogens is 2. The van der Waals surface area contributed by atoms with Gasteiger partial charge in [0.25, 0.3) is 0 Å². The summed E-state index contributed by atoms with van der Waals surface area (Å²) in [7, 11) is 0. The molecular weight excluding hydrogens is 521 g/mol. The lowest BCUT2D eigenvalue weighted by Gasteiger charge is -2.34. The van der Waals surface area contributed by atoms with Gasteiger partial charge < -0.3 is 20.3 Å². The lowest BCUT2D eigenvalue weighted by molar-refractivity contribution is -0.142. The van der Waals surface area contributed by atoms with E-state index in [1.807, 2.05) is 13.0 Å². The zero-order valence-electron chi connectivity index (χ0n) is 21.7. The molecule has 5 atom stereocenters. The molecule has 7 nitrogen and oxygen atoms in total. The lowest BCUT2D eigenvalue weighted by atomic mass is 9.74. The molecule has 2 aromatic carbocycles. The third-order valence-corrected chi connectivity index (χ3v) is 8.99. The van der Waals surface area contributed by atoms with Gasteiger partial charge in [0, 0.05) is 23.3 Å². The number of amides is 3. The summed E-state index contributed by atoms with van der Waals surface area (Å²) in [6.45, 7) is 1.97. The van der Waals surface area contributed by atoms with Crippen LogP contribution in [0.1, 0.15) is 43.2 Å². The Labute approximate surface area is 231 Å². The van der Waals surface area contributed by atoms with E-state index in [1.54, 1.807) is 36.4 Å². The van der Waals surface area contributed by atoms with Gasteiger partial charge >= 0.3 is 0 Å². The number of nitrogens with zero attached hydrogens (tertiary/aromatic N) is 1. The minimum Gasteiger partial charge on any atom is -0.359 e. The molecule has 0 aromatic heterocycles. The fourth-order valence-electron chi connectivity index (χ4n) is 6.65. The molecule has 39 heavy (non-hydrogen) atoms. The normalized spacial score (nSPS) is 29.5. The first-order chi connectivity index (χ1) is 18.8. The summed E-state index contributed by atoms with van der Waals surface area (Å²) in [5.41, 5.74) is 0.837. The molecule has 4 aliphatic rings. The molecule has 3 aliphatic heterocycles. The minimum atomic E-state index is -1.26. The van der Waals surface area contributed by atoms with Crippen LogP contribution in [-0.2, 0) is 25.7 Å². The highest BCUT2D eigenvalue weighted by Crippen LogP contribution is 2.55. The van der Waals surface area contributed by atoms with Crippen molar-refractivity contribution in [3.8, 4) is 0 Å². The zero-order valence-corrected chi connectivity index (χ0v) is 22.4. The van der Waals surface area contributed by atoms with Gasteiger partial charge in [-0.05, 0) is 55.2 Å². The first kappa shape index (κ1) is 26.0. The highest BCUT2D eigenvalue weighted by molar-refractivity contribution is 6.31. The number of rotatable bonds is 6. The van der Waals surface area contributed by atoms with E-state index in [0.717, 1.165) is 37.7 Å². The van der Waals surface area contributed by atoms with Gasteiger partial charge in [0.2, 0.25) is 17.7 Å². The lowest BCUT2D eigenvalue weighted by Crippen LogP contribution is -2.56. The second kappa shape index (κ2) is 10.1. The Morgan fingerprint density at radius 1 is 1.10 bits per heavy atom. The monoisotopic (exact) mass is 551 g/mol. The average molecular weight is 552 g/mol. The predicted octanol–water partition coefficient (Wildman–Crippen LogP) is 4.53. The van der Waals surface area contributed by atoms with Gasteiger partial charge in [-0.2, -0.15) is 0 Å². The number of carbonyl (C=O) groups is 3. The number of likely N-dealkylation sites (tertiary alicyclic amines) is 1. The van der Waals surface area contributed by atoms with Gasteiger partial charge in [0.05, 0.1) is 17.9 Å². The van der Waals surface area contributed by atoms with Crippen LogP contribution in [0, 0.1) is 24.6 Å². The summed E-state index contributed by atoms with van der Waals surface area (Å²) in [5.74, 6) is -3.03. The highest BCUT2D eigenvalue weighted by atomic mass is 35.5. The van der Waals surface area contributed by atoms with Crippen molar-refractivity contribution in [2.45, 2.75) is 69.4 Å². The van der Waals surface area contributed by atoms with Crippen LogP contribution in [0.5, 0.6) is 0 Å². The van der Waals surface area contributed by atoms with Crippen molar-refractivity contribution in [2.24, 2.45) is 11.8 Å². The topological polar surface area (TPSA) is 87.7 Å². The predicted molar refractivity (Wildman–Crippen MR) is 144 cm³/mol. The Morgan fingerprint density at radius 2 is 1.85 bits per heavy atom. The smallest absolute Gasteiger partial charge is 0.246 e. The molecule has 0 radical (unpaired) electrons. The largest absolute Gasteiger partial charge is 0.359 e. The molecule has 1 aliphatic carbocycles. The molecule has 2 bridgehead atoms. The molecule has 3 heterocycles. The molecule has 3 fully saturated rings. The van der Waals surface area contributed by atoms with Crippen molar-refractivity contribution in [1.29, 1.82) is 0 Å². The Morgan fingerprint density at radius 3 is 2.56 bits per heavy atom. The van der Waals surface area contributed by atoms with Gasteiger partial charge in [-0.3, -0.25) is 14.4 Å². The number of nitrogens with one attached hydrogen (secondary N) is 2. The summed E-state index contributed by atoms with van der Waals surface area (Å²) >= 11 is 6.26. The highest BCUT2D eigenvalue weighted by Gasteiger charge is 2.72. The van der Waals surface area contributed by atoms with Crippen molar-refractivity contribution in [2.75, 3.05) is 5.32 Å². The maximum atomic E-state index is 14.1. The Hall–Kier alpha value is -3.23. The maximum absolute atomic E-state index is 14.1. The van der Waals surface area contributed by atoms with E-state index in [1.165, 1.54) is 17.0 Å². The van der Waals surface area contributed by atoms with Crippen LogP contribution in [-0.4, -0.2) is 46.4 Å². The SMILES string of the molecule is Cc1ccc(NC(=O)[C@H]2[C@H]3C=C[C@]4(O3)[C@H](C(=O)NC3CCCCC3)N(Cc3ccc(F)cc3)C(=O)[C@@H]24)cc1Cl. The van der Waals surface area contributed by atoms with Crippen LogP contribution in [0.2, 0.25) is 5.02 Å². The molecule has 2 N–H and O–H groups in total. The van der Waals surface area contributed by atoms with Crippen LogP contribution in [0.4, 0.5) is 10.1 Å².